The van der Waals surface area contributed by atoms with E-state index in [1.807, 2.05) is 13.8 Å². The maximum absolute atomic E-state index is 11.6. The van der Waals surface area contributed by atoms with Crippen molar-refractivity contribution < 1.29 is 19.5 Å². The molecule has 0 unspecified atom stereocenters. The Balaban J connectivity index is 2.48. The summed E-state index contributed by atoms with van der Waals surface area (Å²) in [6.45, 7) is 3.57. The van der Waals surface area contributed by atoms with E-state index in [1.165, 1.54) is 12.1 Å². The molecule has 0 saturated carbocycles. The van der Waals surface area contributed by atoms with E-state index in [2.05, 4.69) is 10.6 Å². The number of hydrogen-bond donors (Lipinski definition) is 3. The second-order valence-electron chi connectivity index (χ2n) is 4.68. The Kier molecular flexibility index (Phi) is 5.71. The van der Waals surface area contributed by atoms with Gasteiger partial charge >= 0.3 is 5.97 Å². The molecule has 0 aliphatic carbocycles. The summed E-state index contributed by atoms with van der Waals surface area (Å²) in [5.74, 6) is -1.62. The van der Waals surface area contributed by atoms with Gasteiger partial charge in [-0.3, -0.25) is 9.59 Å². The number of carbonyl (C=O) groups is 3. The first-order chi connectivity index (χ1) is 9.38. The van der Waals surface area contributed by atoms with E-state index in [9.17, 15) is 14.4 Å². The molecule has 0 radical (unpaired) electrons. The number of benzene rings is 1. The molecule has 6 nitrogen and oxygen atoms in total. The van der Waals surface area contributed by atoms with Crippen molar-refractivity contribution in [1.29, 1.82) is 0 Å². The first kappa shape index (κ1) is 15.7. The van der Waals surface area contributed by atoms with Crippen LogP contribution >= 0.6 is 0 Å². The molecule has 0 saturated heterocycles. The maximum atomic E-state index is 11.6. The van der Waals surface area contributed by atoms with Gasteiger partial charge in [0.2, 0.25) is 11.8 Å². The van der Waals surface area contributed by atoms with Gasteiger partial charge in [0.05, 0.1) is 18.5 Å². The zero-order valence-electron chi connectivity index (χ0n) is 11.5. The Morgan fingerprint density at radius 2 is 1.90 bits per heavy atom. The number of carboxylic acid groups (broad SMARTS) is 1. The van der Waals surface area contributed by atoms with Crippen LogP contribution in [0, 0.1) is 0 Å². The van der Waals surface area contributed by atoms with Crippen LogP contribution in [0.5, 0.6) is 0 Å². The number of carbonyl (C=O) groups excluding carboxylic acids is 2. The minimum Gasteiger partial charge on any atom is -0.478 e. The molecule has 6 heteroatoms. The van der Waals surface area contributed by atoms with Crippen LogP contribution in [0.15, 0.2) is 24.3 Å². The standard InChI is InChI=1S/C14H18N2O4/c1-9(2)16-13(18)8-15-12(17)7-10-4-3-5-11(6-10)14(19)20/h3-6,9H,7-8H2,1-2H3,(H,15,17)(H,16,18)(H,19,20). The predicted octanol–water partition coefficient (Wildman–Crippen LogP) is 0.568. The third-order valence-corrected chi connectivity index (χ3v) is 2.43. The molecule has 0 aromatic heterocycles. The molecule has 0 atom stereocenters. The predicted molar refractivity (Wildman–Crippen MR) is 73.4 cm³/mol. The average molecular weight is 278 g/mol. The van der Waals surface area contributed by atoms with Gasteiger partial charge in [-0.05, 0) is 31.5 Å². The smallest absolute Gasteiger partial charge is 0.335 e. The van der Waals surface area contributed by atoms with Crippen LogP contribution in [0.2, 0.25) is 0 Å². The second-order valence-corrected chi connectivity index (χ2v) is 4.68. The number of amides is 2. The Morgan fingerprint density at radius 1 is 1.20 bits per heavy atom. The molecule has 2 amide bonds. The molecular weight excluding hydrogens is 260 g/mol. The lowest BCUT2D eigenvalue weighted by molar-refractivity contribution is -0.126. The van der Waals surface area contributed by atoms with E-state index in [-0.39, 0.29) is 36.4 Å². The molecule has 0 aliphatic rings. The number of hydrogen-bond acceptors (Lipinski definition) is 3. The molecule has 0 heterocycles. The van der Waals surface area contributed by atoms with Crippen LogP contribution in [0.1, 0.15) is 29.8 Å². The topological polar surface area (TPSA) is 95.5 Å². The van der Waals surface area contributed by atoms with Gasteiger partial charge in [-0.2, -0.15) is 0 Å². The van der Waals surface area contributed by atoms with Gasteiger partial charge in [-0.15, -0.1) is 0 Å². The molecule has 0 fully saturated rings. The number of nitrogens with one attached hydrogen (secondary N) is 2. The van der Waals surface area contributed by atoms with Gasteiger partial charge in [0.1, 0.15) is 0 Å². The van der Waals surface area contributed by atoms with E-state index >= 15 is 0 Å². The van der Waals surface area contributed by atoms with Crippen LogP contribution in [0.25, 0.3) is 0 Å². The molecule has 108 valence electrons. The molecule has 0 aliphatic heterocycles. The fraction of sp³-hybridized carbons (Fsp3) is 0.357. The Bertz CT molecular complexity index is 512. The lowest BCUT2D eigenvalue weighted by Crippen LogP contribution is -2.40. The number of aromatic carboxylic acids is 1. The fourth-order valence-corrected chi connectivity index (χ4v) is 1.61. The summed E-state index contributed by atoms with van der Waals surface area (Å²) in [5.41, 5.74) is 0.722. The van der Waals surface area contributed by atoms with E-state index in [1.54, 1.807) is 12.1 Å². The third-order valence-electron chi connectivity index (χ3n) is 2.43. The molecule has 0 bridgehead atoms. The van der Waals surface area contributed by atoms with Crippen molar-refractivity contribution in [1.82, 2.24) is 10.6 Å². The highest BCUT2D eigenvalue weighted by Crippen LogP contribution is 2.06. The molecule has 1 aromatic rings. The Morgan fingerprint density at radius 3 is 2.50 bits per heavy atom. The van der Waals surface area contributed by atoms with Crippen molar-refractivity contribution in [3.63, 3.8) is 0 Å². The zero-order valence-corrected chi connectivity index (χ0v) is 11.5. The van der Waals surface area contributed by atoms with Gasteiger partial charge in [0.25, 0.3) is 0 Å². The van der Waals surface area contributed by atoms with Crippen LogP contribution in [-0.2, 0) is 16.0 Å². The fourth-order valence-electron chi connectivity index (χ4n) is 1.61. The van der Waals surface area contributed by atoms with Crippen LogP contribution in [-0.4, -0.2) is 35.5 Å². The first-order valence-corrected chi connectivity index (χ1v) is 6.26. The molecule has 3 N–H and O–H groups in total. The Labute approximate surface area is 117 Å². The van der Waals surface area contributed by atoms with Gasteiger partial charge in [-0.25, -0.2) is 4.79 Å². The lowest BCUT2D eigenvalue weighted by Gasteiger charge is -2.09. The van der Waals surface area contributed by atoms with Crippen LogP contribution in [0.4, 0.5) is 0 Å². The summed E-state index contributed by atoms with van der Waals surface area (Å²) in [6.07, 6.45) is 0.0378. The van der Waals surface area contributed by atoms with Crippen LogP contribution in [0.3, 0.4) is 0 Å². The molecular formula is C14H18N2O4. The minimum absolute atomic E-state index is 0.0200. The van der Waals surface area contributed by atoms with Crippen molar-refractivity contribution >= 4 is 17.8 Å². The van der Waals surface area contributed by atoms with E-state index in [0.717, 1.165) is 0 Å². The Hall–Kier alpha value is -2.37. The van der Waals surface area contributed by atoms with Gasteiger partial charge in [0, 0.05) is 6.04 Å². The summed E-state index contributed by atoms with van der Waals surface area (Å²) in [6, 6.07) is 6.17. The zero-order chi connectivity index (χ0) is 15.1. The first-order valence-electron chi connectivity index (χ1n) is 6.26. The lowest BCUT2D eigenvalue weighted by atomic mass is 10.1. The normalized spacial score (nSPS) is 10.2. The molecule has 1 aromatic carbocycles. The highest BCUT2D eigenvalue weighted by molar-refractivity contribution is 5.89. The number of carboxylic acids is 1. The van der Waals surface area contributed by atoms with Crippen molar-refractivity contribution in [3.05, 3.63) is 35.4 Å². The summed E-state index contributed by atoms with van der Waals surface area (Å²) in [4.78, 5) is 33.8. The highest BCUT2D eigenvalue weighted by atomic mass is 16.4. The van der Waals surface area contributed by atoms with Crippen molar-refractivity contribution in [2.75, 3.05) is 6.54 Å². The summed E-state index contributed by atoms with van der Waals surface area (Å²) in [5, 5.41) is 14.0. The summed E-state index contributed by atoms with van der Waals surface area (Å²) < 4.78 is 0. The van der Waals surface area contributed by atoms with Gasteiger partial charge < -0.3 is 15.7 Å². The van der Waals surface area contributed by atoms with E-state index < -0.39 is 5.97 Å². The average Bonchev–Trinajstić information content (AvgIpc) is 2.36. The molecule has 0 spiro atoms. The maximum Gasteiger partial charge on any atom is 0.335 e. The van der Waals surface area contributed by atoms with Gasteiger partial charge in [-0.1, -0.05) is 12.1 Å². The quantitative estimate of drug-likeness (QED) is 0.709. The van der Waals surface area contributed by atoms with Crippen molar-refractivity contribution in [2.45, 2.75) is 26.3 Å². The highest BCUT2D eigenvalue weighted by Gasteiger charge is 2.09. The number of rotatable bonds is 6. The molecule has 1 rings (SSSR count). The minimum atomic E-state index is -1.04. The van der Waals surface area contributed by atoms with E-state index in [0.29, 0.717) is 5.56 Å². The monoisotopic (exact) mass is 278 g/mol. The third kappa shape index (κ3) is 5.51. The van der Waals surface area contributed by atoms with E-state index in [4.69, 9.17) is 5.11 Å². The largest absolute Gasteiger partial charge is 0.478 e. The second kappa shape index (κ2) is 7.28. The van der Waals surface area contributed by atoms with Crippen LogP contribution < -0.4 is 10.6 Å². The van der Waals surface area contributed by atoms with Gasteiger partial charge in [0.15, 0.2) is 0 Å². The molecule has 20 heavy (non-hydrogen) atoms. The SMILES string of the molecule is CC(C)NC(=O)CNC(=O)Cc1cccc(C(=O)O)c1. The summed E-state index contributed by atoms with van der Waals surface area (Å²) >= 11 is 0. The van der Waals surface area contributed by atoms with Crippen molar-refractivity contribution in [2.24, 2.45) is 0 Å². The van der Waals surface area contributed by atoms with Crippen molar-refractivity contribution in [3.8, 4) is 0 Å². The summed E-state index contributed by atoms with van der Waals surface area (Å²) in [7, 11) is 0.